The van der Waals surface area contributed by atoms with Crippen LogP contribution in [0.2, 0.25) is 0 Å². The maximum absolute atomic E-state index is 12.3. The largest absolute Gasteiger partial charge is 0.379 e. The summed E-state index contributed by atoms with van der Waals surface area (Å²) in [4.78, 5) is 31.3. The highest BCUT2D eigenvalue weighted by Crippen LogP contribution is 2.31. The summed E-state index contributed by atoms with van der Waals surface area (Å²) in [7, 11) is 0. The molecule has 1 heterocycles. The summed E-state index contributed by atoms with van der Waals surface area (Å²) in [5.41, 5.74) is 1.07. The average molecular weight is 328 g/mol. The summed E-state index contributed by atoms with van der Waals surface area (Å²) in [6.07, 6.45) is 2.43. The van der Waals surface area contributed by atoms with Gasteiger partial charge in [-0.05, 0) is 11.5 Å². The van der Waals surface area contributed by atoms with E-state index < -0.39 is 5.92 Å². The van der Waals surface area contributed by atoms with Gasteiger partial charge in [-0.1, -0.05) is 30.3 Å². The van der Waals surface area contributed by atoms with Crippen LogP contribution in [0.15, 0.2) is 35.3 Å². The first-order valence-electron chi connectivity index (χ1n) is 8.64. The second-order valence-corrected chi connectivity index (χ2v) is 6.44. The Morgan fingerprint density at radius 1 is 1.08 bits per heavy atom. The standard InChI is InChI=1S/C19H24N2O3/c22-18-12-16(15-4-2-1-3-5-15)13-19(23)17(18)14-20-6-7-21-8-10-24-11-9-21/h1-5,14,16-17H,6-13H2. The summed E-state index contributed by atoms with van der Waals surface area (Å²) in [5, 5.41) is 0. The van der Waals surface area contributed by atoms with E-state index in [-0.39, 0.29) is 17.5 Å². The topological polar surface area (TPSA) is 59.0 Å². The Morgan fingerprint density at radius 2 is 1.75 bits per heavy atom. The molecule has 0 aromatic heterocycles. The number of carbonyl (C=O) groups excluding carboxylic acids is 2. The van der Waals surface area contributed by atoms with Gasteiger partial charge in [0.05, 0.1) is 19.8 Å². The minimum atomic E-state index is -0.644. The predicted octanol–water partition coefficient (Wildman–Crippen LogP) is 1.72. The Kier molecular flexibility index (Phi) is 5.88. The van der Waals surface area contributed by atoms with Crippen molar-refractivity contribution in [3.8, 4) is 0 Å². The first kappa shape index (κ1) is 17.0. The number of aliphatic imine (C=N–C) groups is 1. The van der Waals surface area contributed by atoms with Gasteiger partial charge in [0.25, 0.3) is 0 Å². The fraction of sp³-hybridized carbons (Fsp3) is 0.526. The van der Waals surface area contributed by atoms with Crippen LogP contribution in [-0.4, -0.2) is 62.1 Å². The van der Waals surface area contributed by atoms with Crippen LogP contribution in [0.25, 0.3) is 0 Å². The maximum atomic E-state index is 12.3. The van der Waals surface area contributed by atoms with E-state index in [1.165, 1.54) is 0 Å². The Balaban J connectivity index is 1.51. The molecule has 0 bridgehead atoms. The van der Waals surface area contributed by atoms with Crippen molar-refractivity contribution in [3.05, 3.63) is 35.9 Å². The molecule has 1 saturated heterocycles. The summed E-state index contributed by atoms with van der Waals surface area (Å²) < 4.78 is 5.31. The van der Waals surface area contributed by atoms with E-state index in [1.54, 1.807) is 6.21 Å². The molecule has 1 saturated carbocycles. The molecule has 0 N–H and O–H groups in total. The van der Waals surface area contributed by atoms with Gasteiger partial charge in [0.2, 0.25) is 0 Å². The first-order chi connectivity index (χ1) is 11.7. The number of morpholine rings is 1. The second kappa shape index (κ2) is 8.31. The van der Waals surface area contributed by atoms with Crippen molar-refractivity contribution in [1.82, 2.24) is 4.90 Å². The smallest absolute Gasteiger partial charge is 0.149 e. The molecule has 1 aromatic carbocycles. The van der Waals surface area contributed by atoms with Gasteiger partial charge in [-0.25, -0.2) is 0 Å². The molecule has 128 valence electrons. The molecule has 0 atom stereocenters. The van der Waals surface area contributed by atoms with Crippen molar-refractivity contribution < 1.29 is 14.3 Å². The predicted molar refractivity (Wildman–Crippen MR) is 92.5 cm³/mol. The van der Waals surface area contributed by atoms with Crippen molar-refractivity contribution in [2.75, 3.05) is 39.4 Å². The molecule has 5 nitrogen and oxygen atoms in total. The fourth-order valence-corrected chi connectivity index (χ4v) is 3.32. The van der Waals surface area contributed by atoms with E-state index in [1.807, 2.05) is 30.3 Å². The lowest BCUT2D eigenvalue weighted by Gasteiger charge is -2.26. The molecule has 0 spiro atoms. The molecule has 1 aromatic rings. The van der Waals surface area contributed by atoms with E-state index >= 15 is 0 Å². The van der Waals surface area contributed by atoms with Crippen molar-refractivity contribution in [2.45, 2.75) is 18.8 Å². The lowest BCUT2D eigenvalue weighted by atomic mass is 9.77. The number of hydrogen-bond acceptors (Lipinski definition) is 5. The Hall–Kier alpha value is -1.85. The summed E-state index contributed by atoms with van der Waals surface area (Å²) in [5.74, 6) is -0.635. The van der Waals surface area contributed by atoms with Crippen molar-refractivity contribution in [2.24, 2.45) is 10.9 Å². The van der Waals surface area contributed by atoms with E-state index in [4.69, 9.17) is 4.74 Å². The molecular formula is C19H24N2O3. The number of nitrogens with zero attached hydrogens (tertiary/aromatic N) is 2. The Labute approximate surface area is 142 Å². The van der Waals surface area contributed by atoms with Gasteiger partial charge in [0, 0.05) is 38.7 Å². The lowest BCUT2D eigenvalue weighted by molar-refractivity contribution is -0.133. The molecule has 3 rings (SSSR count). The molecule has 5 heteroatoms. The number of ether oxygens (including phenoxy) is 1. The maximum Gasteiger partial charge on any atom is 0.149 e. The minimum absolute atomic E-state index is 0.00442. The molecule has 1 aliphatic heterocycles. The summed E-state index contributed by atoms with van der Waals surface area (Å²) in [6, 6.07) is 9.82. The Morgan fingerprint density at radius 3 is 2.42 bits per heavy atom. The molecule has 2 aliphatic rings. The van der Waals surface area contributed by atoms with E-state index in [2.05, 4.69) is 9.89 Å². The first-order valence-corrected chi connectivity index (χ1v) is 8.64. The third kappa shape index (κ3) is 4.36. The summed E-state index contributed by atoms with van der Waals surface area (Å²) in [6.45, 7) is 4.86. The van der Waals surface area contributed by atoms with Crippen LogP contribution in [0.1, 0.15) is 24.3 Å². The minimum Gasteiger partial charge on any atom is -0.379 e. The van der Waals surface area contributed by atoms with E-state index in [9.17, 15) is 9.59 Å². The van der Waals surface area contributed by atoms with Crippen LogP contribution in [0.4, 0.5) is 0 Å². The van der Waals surface area contributed by atoms with E-state index in [0.29, 0.717) is 19.4 Å². The van der Waals surface area contributed by atoms with Crippen LogP contribution in [-0.2, 0) is 14.3 Å². The molecule has 2 fully saturated rings. The monoisotopic (exact) mass is 328 g/mol. The second-order valence-electron chi connectivity index (χ2n) is 6.44. The molecule has 0 unspecified atom stereocenters. The zero-order valence-corrected chi connectivity index (χ0v) is 13.9. The highest BCUT2D eigenvalue weighted by atomic mass is 16.5. The van der Waals surface area contributed by atoms with Gasteiger partial charge >= 0.3 is 0 Å². The zero-order chi connectivity index (χ0) is 16.8. The Bertz CT molecular complexity index is 576. The van der Waals surface area contributed by atoms with Crippen LogP contribution >= 0.6 is 0 Å². The number of benzene rings is 1. The lowest BCUT2D eigenvalue weighted by Crippen LogP contribution is -2.38. The number of carbonyl (C=O) groups is 2. The van der Waals surface area contributed by atoms with Gasteiger partial charge in [-0.2, -0.15) is 0 Å². The van der Waals surface area contributed by atoms with Crippen molar-refractivity contribution in [1.29, 1.82) is 0 Å². The van der Waals surface area contributed by atoms with Gasteiger partial charge in [0.15, 0.2) is 0 Å². The normalized spacial score (nSPS) is 26.2. The number of rotatable bonds is 5. The summed E-state index contributed by atoms with van der Waals surface area (Å²) >= 11 is 0. The third-order valence-corrected chi connectivity index (χ3v) is 4.76. The molecule has 1 aliphatic carbocycles. The van der Waals surface area contributed by atoms with Gasteiger partial charge in [-0.15, -0.1) is 0 Å². The molecule has 24 heavy (non-hydrogen) atoms. The van der Waals surface area contributed by atoms with Gasteiger partial charge in [0.1, 0.15) is 17.5 Å². The number of hydrogen-bond donors (Lipinski definition) is 0. The van der Waals surface area contributed by atoms with E-state index in [0.717, 1.165) is 38.4 Å². The number of ketones is 2. The zero-order valence-electron chi connectivity index (χ0n) is 13.9. The number of Topliss-reactive ketones (excluding diaryl/α,β-unsaturated/α-hetero) is 2. The fourth-order valence-electron chi connectivity index (χ4n) is 3.32. The average Bonchev–Trinajstić information content (AvgIpc) is 2.62. The van der Waals surface area contributed by atoms with Crippen LogP contribution < -0.4 is 0 Å². The highest BCUT2D eigenvalue weighted by Gasteiger charge is 2.34. The third-order valence-electron chi connectivity index (χ3n) is 4.76. The SMILES string of the molecule is O=C1CC(c2ccccc2)CC(=O)C1C=NCCN1CCOCC1. The van der Waals surface area contributed by atoms with Gasteiger partial charge in [-0.3, -0.25) is 19.5 Å². The van der Waals surface area contributed by atoms with Crippen LogP contribution in [0.3, 0.4) is 0 Å². The molecule has 0 amide bonds. The molecule has 0 radical (unpaired) electrons. The van der Waals surface area contributed by atoms with Crippen LogP contribution in [0.5, 0.6) is 0 Å². The van der Waals surface area contributed by atoms with Gasteiger partial charge < -0.3 is 4.74 Å². The van der Waals surface area contributed by atoms with Crippen molar-refractivity contribution in [3.63, 3.8) is 0 Å². The highest BCUT2D eigenvalue weighted by molar-refractivity contribution is 6.16. The van der Waals surface area contributed by atoms with Crippen molar-refractivity contribution >= 4 is 17.8 Å². The quantitative estimate of drug-likeness (QED) is 0.610. The van der Waals surface area contributed by atoms with Crippen LogP contribution in [0, 0.1) is 5.92 Å². The molecular weight excluding hydrogens is 304 g/mol.